The van der Waals surface area contributed by atoms with Crippen LogP contribution in [0.3, 0.4) is 0 Å². The molecule has 0 spiro atoms. The number of fused-ring (bicyclic) bond motifs is 2. The van der Waals surface area contributed by atoms with Gasteiger partial charge in [-0.1, -0.05) is 74.5 Å². The number of hydrogen-bond acceptors (Lipinski definition) is 1. The van der Waals surface area contributed by atoms with E-state index in [2.05, 4.69) is 92.7 Å². The van der Waals surface area contributed by atoms with Gasteiger partial charge in [0, 0.05) is 5.56 Å². The Morgan fingerprint density at radius 2 is 1.35 bits per heavy atom. The highest BCUT2D eigenvalue weighted by Crippen LogP contribution is 2.30. The second kappa shape index (κ2) is 7.21. The lowest BCUT2D eigenvalue weighted by atomic mass is 9.97. The molecule has 4 aromatic rings. The molecular formula is C25H24O. The molecule has 1 nitrogen and oxygen atoms in total. The maximum Gasteiger partial charge on any atom is 0.119 e. The average Bonchev–Trinajstić information content (AvgIpc) is 2.71. The van der Waals surface area contributed by atoms with Gasteiger partial charge in [0.1, 0.15) is 12.4 Å². The van der Waals surface area contributed by atoms with Crippen LogP contribution >= 0.6 is 0 Å². The lowest BCUT2D eigenvalue weighted by Crippen LogP contribution is -1.98. The van der Waals surface area contributed by atoms with Crippen LogP contribution in [0.2, 0.25) is 0 Å². The molecule has 0 fully saturated rings. The van der Waals surface area contributed by atoms with E-state index < -0.39 is 0 Å². The third kappa shape index (κ3) is 3.17. The van der Waals surface area contributed by atoms with Crippen molar-refractivity contribution < 1.29 is 4.74 Å². The van der Waals surface area contributed by atoms with E-state index in [1.165, 1.54) is 32.7 Å². The number of hydrogen-bond donors (Lipinski definition) is 0. The van der Waals surface area contributed by atoms with Crippen LogP contribution in [0.4, 0.5) is 0 Å². The van der Waals surface area contributed by atoms with Crippen molar-refractivity contribution >= 4 is 21.5 Å². The van der Waals surface area contributed by atoms with Crippen LogP contribution in [-0.2, 0) is 6.61 Å². The zero-order valence-electron chi connectivity index (χ0n) is 15.4. The lowest BCUT2D eigenvalue weighted by Gasteiger charge is -2.14. The summed E-state index contributed by atoms with van der Waals surface area (Å²) in [6, 6.07) is 27.9. The molecule has 1 atom stereocenters. The van der Waals surface area contributed by atoms with Gasteiger partial charge in [-0.2, -0.15) is 0 Å². The lowest BCUT2D eigenvalue weighted by molar-refractivity contribution is 0.309. The van der Waals surface area contributed by atoms with Crippen LogP contribution in [0, 0.1) is 0 Å². The molecule has 0 bridgehead atoms. The first-order valence-corrected chi connectivity index (χ1v) is 9.38. The Labute approximate surface area is 155 Å². The van der Waals surface area contributed by atoms with E-state index in [-0.39, 0.29) is 0 Å². The van der Waals surface area contributed by atoms with Crippen LogP contribution in [0.25, 0.3) is 21.5 Å². The fourth-order valence-corrected chi connectivity index (χ4v) is 3.55. The molecule has 0 N–H and O–H groups in total. The van der Waals surface area contributed by atoms with Crippen LogP contribution < -0.4 is 4.74 Å². The molecule has 26 heavy (non-hydrogen) atoms. The predicted octanol–water partition coefficient (Wildman–Crippen LogP) is 7.09. The molecule has 130 valence electrons. The van der Waals surface area contributed by atoms with Gasteiger partial charge >= 0.3 is 0 Å². The first-order chi connectivity index (χ1) is 12.8. The van der Waals surface area contributed by atoms with Crippen molar-refractivity contribution in [2.45, 2.75) is 32.8 Å². The van der Waals surface area contributed by atoms with E-state index in [1.807, 2.05) is 0 Å². The zero-order chi connectivity index (χ0) is 17.9. The summed E-state index contributed by atoms with van der Waals surface area (Å²) in [6.45, 7) is 5.06. The average molecular weight is 340 g/mol. The van der Waals surface area contributed by atoms with Gasteiger partial charge in [0.2, 0.25) is 0 Å². The molecule has 1 unspecified atom stereocenters. The summed E-state index contributed by atoms with van der Waals surface area (Å²) < 4.78 is 6.18. The smallest absolute Gasteiger partial charge is 0.119 e. The SMILES string of the molecule is CCC(C)c1ccc(OCc2c3ccccc3cc3ccccc23)cc1. The first kappa shape index (κ1) is 16.7. The molecule has 0 saturated heterocycles. The molecule has 0 radical (unpaired) electrons. The molecular weight excluding hydrogens is 316 g/mol. The van der Waals surface area contributed by atoms with E-state index in [4.69, 9.17) is 4.74 Å². The third-order valence-electron chi connectivity index (χ3n) is 5.33. The highest BCUT2D eigenvalue weighted by molar-refractivity contribution is 6.02. The number of ether oxygens (including phenoxy) is 1. The summed E-state index contributed by atoms with van der Waals surface area (Å²) in [5.74, 6) is 1.51. The molecule has 0 aliphatic heterocycles. The Hall–Kier alpha value is -2.80. The van der Waals surface area contributed by atoms with Crippen LogP contribution in [0.15, 0.2) is 78.9 Å². The van der Waals surface area contributed by atoms with Crippen LogP contribution in [0.5, 0.6) is 5.75 Å². The van der Waals surface area contributed by atoms with E-state index >= 15 is 0 Å². The maximum absolute atomic E-state index is 6.18. The molecule has 0 amide bonds. The minimum Gasteiger partial charge on any atom is -0.489 e. The zero-order valence-corrected chi connectivity index (χ0v) is 15.4. The Morgan fingerprint density at radius 3 is 1.92 bits per heavy atom. The molecule has 0 aliphatic rings. The molecule has 0 saturated carbocycles. The normalized spacial score (nSPS) is 12.4. The maximum atomic E-state index is 6.18. The van der Waals surface area contributed by atoms with E-state index in [0.717, 1.165) is 12.2 Å². The van der Waals surface area contributed by atoms with Crippen molar-refractivity contribution in [3.63, 3.8) is 0 Å². The fraction of sp³-hybridized carbons (Fsp3) is 0.200. The van der Waals surface area contributed by atoms with Gasteiger partial charge in [0.25, 0.3) is 0 Å². The van der Waals surface area contributed by atoms with Gasteiger partial charge in [-0.25, -0.2) is 0 Å². The van der Waals surface area contributed by atoms with Crippen molar-refractivity contribution in [2.24, 2.45) is 0 Å². The van der Waals surface area contributed by atoms with Crippen molar-refractivity contribution in [1.29, 1.82) is 0 Å². The van der Waals surface area contributed by atoms with Crippen molar-refractivity contribution in [3.8, 4) is 5.75 Å². The highest BCUT2D eigenvalue weighted by atomic mass is 16.5. The topological polar surface area (TPSA) is 9.23 Å². The monoisotopic (exact) mass is 340 g/mol. The third-order valence-corrected chi connectivity index (χ3v) is 5.33. The summed E-state index contributed by atoms with van der Waals surface area (Å²) in [5, 5.41) is 5.05. The number of benzene rings is 4. The molecule has 1 heteroatoms. The summed E-state index contributed by atoms with van der Waals surface area (Å²) in [5.41, 5.74) is 2.63. The first-order valence-electron chi connectivity index (χ1n) is 9.38. The quantitative estimate of drug-likeness (QED) is 0.352. The Morgan fingerprint density at radius 1 is 0.769 bits per heavy atom. The largest absolute Gasteiger partial charge is 0.489 e. The van der Waals surface area contributed by atoms with Gasteiger partial charge in [0.15, 0.2) is 0 Å². The second-order valence-corrected chi connectivity index (χ2v) is 6.96. The molecule has 4 rings (SSSR count). The Bertz CT molecular complexity index is 977. The van der Waals surface area contributed by atoms with Crippen molar-refractivity contribution in [2.75, 3.05) is 0 Å². The summed E-state index contributed by atoms with van der Waals surface area (Å²) in [4.78, 5) is 0. The molecule has 4 aromatic carbocycles. The van der Waals surface area contributed by atoms with Gasteiger partial charge in [-0.3, -0.25) is 0 Å². The second-order valence-electron chi connectivity index (χ2n) is 6.96. The summed E-state index contributed by atoms with van der Waals surface area (Å²) in [6.07, 6.45) is 1.15. The molecule has 0 heterocycles. The fourth-order valence-electron chi connectivity index (χ4n) is 3.55. The molecule has 0 aromatic heterocycles. The van der Waals surface area contributed by atoms with Gasteiger partial charge in [0.05, 0.1) is 0 Å². The Kier molecular flexibility index (Phi) is 4.62. The Balaban J connectivity index is 1.68. The van der Waals surface area contributed by atoms with E-state index in [0.29, 0.717) is 12.5 Å². The summed E-state index contributed by atoms with van der Waals surface area (Å²) in [7, 11) is 0. The van der Waals surface area contributed by atoms with E-state index in [1.54, 1.807) is 0 Å². The van der Waals surface area contributed by atoms with Gasteiger partial charge in [-0.15, -0.1) is 0 Å². The standard InChI is InChI=1S/C25H24O/c1-3-18(2)19-12-14-22(15-13-19)26-17-25-23-10-6-4-8-20(23)16-21-9-5-7-11-24(21)25/h4-16,18H,3,17H2,1-2H3. The van der Waals surface area contributed by atoms with Gasteiger partial charge in [-0.05, 0) is 57.6 Å². The minimum atomic E-state index is 0.574. The minimum absolute atomic E-state index is 0.574. The van der Waals surface area contributed by atoms with Crippen molar-refractivity contribution in [1.82, 2.24) is 0 Å². The predicted molar refractivity (Wildman–Crippen MR) is 111 cm³/mol. The number of rotatable bonds is 5. The molecule has 0 aliphatic carbocycles. The van der Waals surface area contributed by atoms with Crippen LogP contribution in [0.1, 0.15) is 37.3 Å². The van der Waals surface area contributed by atoms with E-state index in [9.17, 15) is 0 Å². The van der Waals surface area contributed by atoms with Crippen molar-refractivity contribution in [3.05, 3.63) is 90.0 Å². The van der Waals surface area contributed by atoms with Crippen LogP contribution in [-0.4, -0.2) is 0 Å². The van der Waals surface area contributed by atoms with Gasteiger partial charge < -0.3 is 4.74 Å². The highest BCUT2D eigenvalue weighted by Gasteiger charge is 2.09. The summed E-state index contributed by atoms with van der Waals surface area (Å²) >= 11 is 0.